The van der Waals surface area contributed by atoms with Gasteiger partial charge >= 0.3 is 0 Å². The first-order valence-corrected chi connectivity index (χ1v) is 7.83. The van der Waals surface area contributed by atoms with Crippen LogP contribution in [-0.4, -0.2) is 13.4 Å². The SMILES string of the molecule is Nc1cccc(NS(=O)(=O)c2c(NCl)cccc2NCl)n1. The summed E-state index contributed by atoms with van der Waals surface area (Å²) < 4.78 is 27.3. The van der Waals surface area contributed by atoms with E-state index >= 15 is 0 Å². The van der Waals surface area contributed by atoms with Crippen molar-refractivity contribution in [2.45, 2.75) is 4.90 Å². The number of hydrogen-bond acceptors (Lipinski definition) is 6. The molecule has 0 radical (unpaired) electrons. The lowest BCUT2D eigenvalue weighted by atomic mass is 10.3. The summed E-state index contributed by atoms with van der Waals surface area (Å²) in [6, 6.07) is 9.16. The number of rotatable bonds is 5. The standard InChI is InChI=1S/C11H11Cl2N5O2S/c12-16-7-3-1-4-8(17-13)11(7)21(19,20)18-10-6-2-5-9(14)15-10/h1-6,16-17H,(H3,14,15,18). The van der Waals surface area contributed by atoms with Gasteiger partial charge in [0.2, 0.25) is 0 Å². The molecule has 2 aromatic rings. The number of nitrogens with one attached hydrogen (secondary N) is 3. The number of halogens is 2. The lowest BCUT2D eigenvalue weighted by Gasteiger charge is -2.14. The predicted molar refractivity (Wildman–Crippen MR) is 84.9 cm³/mol. The van der Waals surface area contributed by atoms with Crippen LogP contribution >= 0.6 is 23.6 Å². The normalized spacial score (nSPS) is 11.0. The Morgan fingerprint density at radius 3 is 2.10 bits per heavy atom. The van der Waals surface area contributed by atoms with E-state index in [-0.39, 0.29) is 27.9 Å². The summed E-state index contributed by atoms with van der Waals surface area (Å²) in [6.45, 7) is 0. The van der Waals surface area contributed by atoms with Crippen LogP contribution < -0.4 is 20.1 Å². The average molecular weight is 348 g/mol. The molecule has 21 heavy (non-hydrogen) atoms. The van der Waals surface area contributed by atoms with Gasteiger partial charge in [-0.2, -0.15) is 0 Å². The van der Waals surface area contributed by atoms with Gasteiger partial charge in [-0.3, -0.25) is 14.4 Å². The van der Waals surface area contributed by atoms with Gasteiger partial charge in [-0.15, -0.1) is 0 Å². The van der Waals surface area contributed by atoms with E-state index in [1.165, 1.54) is 24.3 Å². The maximum atomic E-state index is 12.5. The van der Waals surface area contributed by atoms with Crippen molar-refractivity contribution in [2.24, 2.45) is 0 Å². The van der Waals surface area contributed by atoms with E-state index in [1.807, 2.05) is 0 Å². The van der Waals surface area contributed by atoms with E-state index in [9.17, 15) is 8.42 Å². The molecule has 7 nitrogen and oxygen atoms in total. The molecule has 1 aromatic heterocycles. The zero-order chi connectivity index (χ0) is 15.5. The van der Waals surface area contributed by atoms with Gasteiger partial charge in [0.15, 0.2) is 0 Å². The molecule has 0 bridgehead atoms. The van der Waals surface area contributed by atoms with E-state index in [1.54, 1.807) is 12.1 Å². The molecule has 0 saturated heterocycles. The molecule has 0 saturated carbocycles. The highest BCUT2D eigenvalue weighted by Gasteiger charge is 2.23. The molecule has 0 aliphatic heterocycles. The van der Waals surface area contributed by atoms with E-state index in [2.05, 4.69) is 19.4 Å². The summed E-state index contributed by atoms with van der Waals surface area (Å²) in [5, 5.41) is 0. The van der Waals surface area contributed by atoms with Gasteiger partial charge in [0.1, 0.15) is 16.5 Å². The largest absolute Gasteiger partial charge is 0.384 e. The fourth-order valence-corrected chi connectivity index (χ4v) is 3.41. The van der Waals surface area contributed by atoms with Crippen LogP contribution in [0.3, 0.4) is 0 Å². The third kappa shape index (κ3) is 3.41. The van der Waals surface area contributed by atoms with Gasteiger partial charge in [-0.05, 0) is 24.3 Å². The average Bonchev–Trinajstić information content (AvgIpc) is 2.45. The fraction of sp³-hybridized carbons (Fsp3) is 0. The third-order valence-corrected chi connectivity index (χ3v) is 4.36. The van der Waals surface area contributed by atoms with Gasteiger partial charge in [0, 0.05) is 23.6 Å². The maximum Gasteiger partial charge on any atom is 0.267 e. The zero-order valence-electron chi connectivity index (χ0n) is 10.5. The van der Waals surface area contributed by atoms with Crippen LogP contribution in [0.1, 0.15) is 0 Å². The van der Waals surface area contributed by atoms with Crippen molar-refractivity contribution in [1.29, 1.82) is 0 Å². The minimum absolute atomic E-state index is 0.0832. The quantitative estimate of drug-likeness (QED) is 0.619. The maximum absolute atomic E-state index is 12.5. The number of nitrogens with two attached hydrogens (primary N) is 1. The summed E-state index contributed by atoms with van der Waals surface area (Å²) in [5.74, 6) is 0.273. The molecule has 0 spiro atoms. The van der Waals surface area contributed by atoms with E-state index in [0.29, 0.717) is 0 Å². The molecular weight excluding hydrogens is 337 g/mol. The number of benzene rings is 1. The van der Waals surface area contributed by atoms with Crippen LogP contribution in [0.15, 0.2) is 41.3 Å². The Labute approximate surface area is 131 Å². The Hall–Kier alpha value is -1.90. The minimum atomic E-state index is -3.98. The van der Waals surface area contributed by atoms with Crippen molar-refractivity contribution >= 4 is 56.6 Å². The summed E-state index contributed by atoms with van der Waals surface area (Å²) in [6.07, 6.45) is 0. The van der Waals surface area contributed by atoms with Crippen molar-refractivity contribution in [2.75, 3.05) is 20.1 Å². The summed E-state index contributed by atoms with van der Waals surface area (Å²) >= 11 is 11.1. The topological polar surface area (TPSA) is 109 Å². The number of sulfonamides is 1. The fourth-order valence-electron chi connectivity index (χ4n) is 1.67. The molecule has 0 aliphatic rings. The lowest BCUT2D eigenvalue weighted by molar-refractivity contribution is 0.602. The molecule has 0 amide bonds. The van der Waals surface area contributed by atoms with E-state index in [0.717, 1.165) is 0 Å². The van der Waals surface area contributed by atoms with Crippen molar-refractivity contribution in [3.8, 4) is 0 Å². The zero-order valence-corrected chi connectivity index (χ0v) is 12.8. The van der Waals surface area contributed by atoms with Crippen molar-refractivity contribution in [1.82, 2.24) is 4.98 Å². The highest BCUT2D eigenvalue weighted by Crippen LogP contribution is 2.31. The van der Waals surface area contributed by atoms with Crippen LogP contribution in [0.5, 0.6) is 0 Å². The molecule has 0 fully saturated rings. The molecule has 10 heteroatoms. The van der Waals surface area contributed by atoms with Crippen LogP contribution in [0.25, 0.3) is 0 Å². The third-order valence-electron chi connectivity index (χ3n) is 2.50. The number of anilines is 4. The Morgan fingerprint density at radius 1 is 1.00 bits per heavy atom. The van der Waals surface area contributed by atoms with Gasteiger partial charge in [-0.1, -0.05) is 12.1 Å². The van der Waals surface area contributed by atoms with Gasteiger partial charge in [0.05, 0.1) is 11.4 Å². The number of aromatic nitrogens is 1. The molecule has 5 N–H and O–H groups in total. The Bertz CT molecular complexity index is 732. The van der Waals surface area contributed by atoms with E-state index < -0.39 is 10.0 Å². The molecule has 0 atom stereocenters. The second-order valence-corrected chi connectivity index (χ2v) is 5.92. The molecule has 1 aromatic carbocycles. The molecule has 0 unspecified atom stereocenters. The van der Waals surface area contributed by atoms with E-state index in [4.69, 9.17) is 29.3 Å². The van der Waals surface area contributed by atoms with Crippen molar-refractivity contribution in [3.63, 3.8) is 0 Å². The molecular formula is C11H11Cl2N5O2S. The van der Waals surface area contributed by atoms with Crippen LogP contribution in [0.4, 0.5) is 23.0 Å². The molecule has 1 heterocycles. The van der Waals surface area contributed by atoms with Gasteiger partial charge in [0.25, 0.3) is 10.0 Å². The molecule has 112 valence electrons. The van der Waals surface area contributed by atoms with Crippen molar-refractivity contribution in [3.05, 3.63) is 36.4 Å². The number of nitrogens with zero attached hydrogens (tertiary/aromatic N) is 1. The highest BCUT2D eigenvalue weighted by atomic mass is 35.5. The summed E-state index contributed by atoms with van der Waals surface area (Å²) in [4.78, 5) is 8.30. The first-order valence-electron chi connectivity index (χ1n) is 5.59. The predicted octanol–water partition coefficient (Wildman–Crippen LogP) is 2.60. The van der Waals surface area contributed by atoms with Gasteiger partial charge < -0.3 is 5.73 Å². The minimum Gasteiger partial charge on any atom is -0.384 e. The van der Waals surface area contributed by atoms with Gasteiger partial charge in [-0.25, -0.2) is 13.4 Å². The Kier molecular flexibility index (Phi) is 4.61. The summed E-state index contributed by atoms with van der Waals surface area (Å²) in [7, 11) is -3.98. The second-order valence-electron chi connectivity index (χ2n) is 3.92. The van der Waals surface area contributed by atoms with Crippen LogP contribution in [-0.2, 0) is 10.0 Å². The molecule has 0 aliphatic carbocycles. The lowest BCUT2D eigenvalue weighted by Crippen LogP contribution is -2.16. The second kappa shape index (κ2) is 6.25. The number of nitrogen functional groups attached to an aromatic ring is 1. The Morgan fingerprint density at radius 2 is 1.57 bits per heavy atom. The smallest absolute Gasteiger partial charge is 0.267 e. The first kappa shape index (κ1) is 15.5. The van der Waals surface area contributed by atoms with Crippen molar-refractivity contribution < 1.29 is 8.42 Å². The van der Waals surface area contributed by atoms with Crippen LogP contribution in [0.2, 0.25) is 0 Å². The number of hydrogen-bond donors (Lipinski definition) is 4. The molecule has 2 rings (SSSR count). The first-order chi connectivity index (χ1) is 9.97. The monoisotopic (exact) mass is 347 g/mol. The van der Waals surface area contributed by atoms with Crippen LogP contribution in [0, 0.1) is 0 Å². The Balaban J connectivity index is 2.49. The number of pyridine rings is 1. The summed E-state index contributed by atoms with van der Waals surface area (Å²) in [5.41, 5.74) is 5.85. The highest BCUT2D eigenvalue weighted by molar-refractivity contribution is 7.93.